The van der Waals surface area contributed by atoms with Gasteiger partial charge in [-0.25, -0.2) is 0 Å². The minimum atomic E-state index is 0. The summed E-state index contributed by atoms with van der Waals surface area (Å²) < 4.78 is 0. The van der Waals surface area contributed by atoms with E-state index in [4.69, 9.17) is 0 Å². The zero-order valence-electron chi connectivity index (χ0n) is 2.02. The Morgan fingerprint density at radius 2 is 1.00 bits per heavy atom. The number of halogens is 1. The van der Waals surface area contributed by atoms with Gasteiger partial charge in [0.15, 0.2) is 0 Å². The van der Waals surface area contributed by atoms with Crippen LogP contribution in [0.5, 0.6) is 0 Å². The van der Waals surface area contributed by atoms with E-state index in [2.05, 4.69) is 0 Å². The quantitative estimate of drug-likeness (QED) is 0.405. The van der Waals surface area contributed by atoms with E-state index in [1.807, 2.05) is 0 Å². The Labute approximate surface area is 75.7 Å². The van der Waals surface area contributed by atoms with Crippen molar-refractivity contribution in [1.82, 2.24) is 0 Å². The second-order valence-corrected chi connectivity index (χ2v) is 0. The van der Waals surface area contributed by atoms with Gasteiger partial charge in [-0.05, 0) is 0 Å². The van der Waals surface area contributed by atoms with Gasteiger partial charge in [0, 0.05) is 76.9 Å². The maximum Gasteiger partial charge on any atom is 0 e. The molecule has 0 aromatic rings. The molecular formula is AlCaFFe. The summed E-state index contributed by atoms with van der Waals surface area (Å²) in [7, 11) is 0. The maximum atomic E-state index is 0. The fourth-order valence-corrected chi connectivity index (χ4v) is 0. The Morgan fingerprint density at radius 1 is 1.00 bits per heavy atom. The summed E-state index contributed by atoms with van der Waals surface area (Å²) in [6.45, 7) is 0. The first-order valence-corrected chi connectivity index (χ1v) is 0. The monoisotopic (exact) mass is 142 g/mol. The molecule has 20 valence electrons. The summed E-state index contributed by atoms with van der Waals surface area (Å²) in [5.41, 5.74) is 0. The van der Waals surface area contributed by atoms with Crippen LogP contribution in [0.2, 0.25) is 0 Å². The van der Waals surface area contributed by atoms with Gasteiger partial charge in [-0.1, -0.05) is 0 Å². The molecule has 0 N–H and O–H groups in total. The summed E-state index contributed by atoms with van der Waals surface area (Å²) in [4.78, 5) is 0. The number of hydrogen-bond donors (Lipinski definition) is 0. The van der Waals surface area contributed by atoms with Crippen molar-refractivity contribution in [2.45, 2.75) is 0 Å². The number of rotatable bonds is 0. The van der Waals surface area contributed by atoms with Gasteiger partial charge in [0.2, 0.25) is 0 Å². The summed E-state index contributed by atoms with van der Waals surface area (Å²) in [5.74, 6) is 0. The van der Waals surface area contributed by atoms with Crippen molar-refractivity contribution in [3.63, 3.8) is 0 Å². The van der Waals surface area contributed by atoms with Crippen LogP contribution in [-0.4, -0.2) is 55.1 Å². The van der Waals surface area contributed by atoms with Crippen molar-refractivity contribution in [2.75, 3.05) is 0 Å². The molecule has 0 saturated heterocycles. The Balaban J connectivity index is 0. The largest absolute Gasteiger partial charge is 0 e. The van der Waals surface area contributed by atoms with Crippen LogP contribution in [0.15, 0.2) is 0 Å². The zero-order valence-corrected chi connectivity index (χ0v) is 6.48. The summed E-state index contributed by atoms with van der Waals surface area (Å²) in [6.07, 6.45) is 0. The molecule has 0 atom stereocenters. The molecule has 0 nitrogen and oxygen atoms in total. The molecule has 0 saturated carbocycles. The predicted molar refractivity (Wildman–Crippen MR) is 12.6 cm³/mol. The number of hydrogen-bond acceptors (Lipinski definition) is 0. The predicted octanol–water partition coefficient (Wildman–Crippen LogP) is -0.344. The second-order valence-electron chi connectivity index (χ2n) is 0. The molecule has 4 heavy (non-hydrogen) atoms. The molecule has 0 unspecified atom stereocenters. The van der Waals surface area contributed by atoms with Crippen LogP contribution in [0.25, 0.3) is 0 Å². The molecule has 0 bridgehead atoms. The Bertz CT molecular complexity index is 8.00. The molecular weight excluding hydrogens is 142 g/mol. The van der Waals surface area contributed by atoms with E-state index in [0.717, 1.165) is 0 Å². The van der Waals surface area contributed by atoms with E-state index in [1.165, 1.54) is 0 Å². The molecule has 4 heteroatoms. The molecule has 0 aromatic carbocycles. The van der Waals surface area contributed by atoms with Crippen LogP contribution < -0.4 is 0 Å². The minimum Gasteiger partial charge on any atom is 0 e. The molecule has 0 aliphatic rings. The maximum absolute atomic E-state index is 0. The van der Waals surface area contributed by atoms with E-state index < -0.39 is 0 Å². The van der Waals surface area contributed by atoms with Crippen LogP contribution in [-0.2, 0) is 17.1 Å². The smallest absolute Gasteiger partial charge is 0 e. The molecule has 6 radical (unpaired) electrons. The normalized spacial score (nSPS) is 0. The first kappa shape index (κ1) is 34.1. The van der Waals surface area contributed by atoms with Gasteiger partial charge in [-0.2, -0.15) is 0 Å². The van der Waals surface area contributed by atoms with E-state index in [1.54, 1.807) is 0 Å². The molecule has 0 rings (SSSR count). The van der Waals surface area contributed by atoms with Crippen LogP contribution in [0.3, 0.4) is 0 Å². The standard InChI is InChI=1S/Al.Ca.F.Fe. The van der Waals surface area contributed by atoms with Crippen LogP contribution >= 0.6 is 0 Å². The van der Waals surface area contributed by atoms with Crippen molar-refractivity contribution in [1.29, 1.82) is 0 Å². The Kier molecular flexibility index (Phi) is 160. The van der Waals surface area contributed by atoms with Gasteiger partial charge in [0.25, 0.3) is 0 Å². The van der Waals surface area contributed by atoms with Crippen molar-refractivity contribution in [3.8, 4) is 0 Å². The van der Waals surface area contributed by atoms with Gasteiger partial charge in [0.1, 0.15) is 0 Å². The third-order valence-corrected chi connectivity index (χ3v) is 0. The summed E-state index contributed by atoms with van der Waals surface area (Å²) in [6, 6.07) is 0. The molecule has 0 amide bonds. The average molecular weight is 142 g/mol. The summed E-state index contributed by atoms with van der Waals surface area (Å²) >= 11 is 0. The van der Waals surface area contributed by atoms with E-state index in [0.29, 0.717) is 0 Å². The van der Waals surface area contributed by atoms with Crippen molar-refractivity contribution in [2.24, 2.45) is 0 Å². The fourth-order valence-electron chi connectivity index (χ4n) is 0. The van der Waals surface area contributed by atoms with Gasteiger partial charge in [-0.15, -0.1) is 0 Å². The molecule has 0 aromatic heterocycles. The molecule has 0 heterocycles. The van der Waals surface area contributed by atoms with E-state index in [-0.39, 0.29) is 76.9 Å². The SMILES string of the molecule is [Al].[Ca].[F].[Fe]. The van der Waals surface area contributed by atoms with Crippen molar-refractivity contribution in [3.05, 3.63) is 0 Å². The summed E-state index contributed by atoms with van der Waals surface area (Å²) in [5, 5.41) is 0. The van der Waals surface area contributed by atoms with Gasteiger partial charge in [0.05, 0.1) is 0 Å². The average Bonchev–Trinajstić information content (AvgIpc) is 0. The van der Waals surface area contributed by atoms with Crippen molar-refractivity contribution >= 4 is 55.1 Å². The third-order valence-electron chi connectivity index (χ3n) is 0. The minimum absolute atomic E-state index is 0. The zero-order chi connectivity index (χ0) is 0. The molecule has 0 spiro atoms. The fraction of sp³-hybridized carbons (Fsp3) is 0. The van der Waals surface area contributed by atoms with Gasteiger partial charge >= 0.3 is 0 Å². The van der Waals surface area contributed by atoms with Crippen LogP contribution in [0, 0.1) is 0 Å². The first-order valence-electron chi connectivity index (χ1n) is 0. The van der Waals surface area contributed by atoms with Crippen LogP contribution in [0.4, 0.5) is 4.70 Å². The second kappa shape index (κ2) is 18.8. The van der Waals surface area contributed by atoms with E-state index >= 15 is 0 Å². The third kappa shape index (κ3) is 8.87. The molecule has 0 aliphatic carbocycles. The van der Waals surface area contributed by atoms with Crippen molar-refractivity contribution < 1.29 is 21.8 Å². The Morgan fingerprint density at radius 3 is 1.00 bits per heavy atom. The van der Waals surface area contributed by atoms with Crippen LogP contribution in [0.1, 0.15) is 0 Å². The van der Waals surface area contributed by atoms with Gasteiger partial charge in [-0.3, -0.25) is 0 Å². The molecule has 0 fully saturated rings. The molecule has 0 aliphatic heterocycles. The first-order chi connectivity index (χ1) is 0. The Hall–Kier alpha value is 2.24. The van der Waals surface area contributed by atoms with E-state index in [9.17, 15) is 0 Å². The topological polar surface area (TPSA) is 0 Å². The van der Waals surface area contributed by atoms with Gasteiger partial charge < -0.3 is 0 Å².